The molecule has 2 rings (SSSR count). The van der Waals surface area contributed by atoms with Gasteiger partial charge in [-0.25, -0.2) is 9.97 Å². The van der Waals surface area contributed by atoms with Gasteiger partial charge in [0.25, 0.3) is 5.91 Å². The minimum atomic E-state index is -0.270. The maximum absolute atomic E-state index is 11.9. The minimum absolute atomic E-state index is 0.154. The van der Waals surface area contributed by atoms with E-state index in [9.17, 15) is 9.59 Å². The van der Waals surface area contributed by atoms with Gasteiger partial charge in [0.15, 0.2) is 0 Å². The molecule has 0 aliphatic carbocycles. The van der Waals surface area contributed by atoms with E-state index in [-0.39, 0.29) is 11.8 Å². The third-order valence-corrected chi connectivity index (χ3v) is 2.29. The van der Waals surface area contributed by atoms with Crippen LogP contribution in [0.1, 0.15) is 17.3 Å². The van der Waals surface area contributed by atoms with Gasteiger partial charge in [-0.3, -0.25) is 9.59 Å². The number of carbonyl (C=O) groups excluding carboxylic acids is 2. The van der Waals surface area contributed by atoms with E-state index in [0.717, 1.165) is 0 Å². The Balaban J connectivity index is 2.05. The molecule has 0 aliphatic rings. The van der Waals surface area contributed by atoms with Gasteiger partial charge in [-0.15, -0.1) is 0 Å². The van der Waals surface area contributed by atoms with Crippen molar-refractivity contribution in [3.05, 3.63) is 48.4 Å². The largest absolute Gasteiger partial charge is 0.326 e. The molecule has 19 heavy (non-hydrogen) atoms. The highest BCUT2D eigenvalue weighted by Gasteiger charge is 2.06. The van der Waals surface area contributed by atoms with Crippen LogP contribution in [-0.4, -0.2) is 21.8 Å². The fourth-order valence-corrected chi connectivity index (χ4v) is 1.46. The Labute approximate surface area is 109 Å². The Kier molecular flexibility index (Phi) is 3.82. The number of rotatable bonds is 3. The molecule has 0 aliphatic heterocycles. The Morgan fingerprint density at radius 3 is 2.37 bits per heavy atom. The van der Waals surface area contributed by atoms with Gasteiger partial charge < -0.3 is 10.6 Å². The zero-order chi connectivity index (χ0) is 13.7. The second kappa shape index (κ2) is 5.72. The van der Waals surface area contributed by atoms with Crippen LogP contribution in [0.4, 0.5) is 11.5 Å². The molecule has 0 unspecified atom stereocenters. The molecule has 0 radical (unpaired) electrons. The van der Waals surface area contributed by atoms with E-state index in [1.54, 1.807) is 36.5 Å². The van der Waals surface area contributed by atoms with Gasteiger partial charge in [-0.1, -0.05) is 0 Å². The van der Waals surface area contributed by atoms with Gasteiger partial charge in [0.2, 0.25) is 5.91 Å². The molecule has 0 spiro atoms. The van der Waals surface area contributed by atoms with E-state index in [1.807, 2.05) is 0 Å². The first kappa shape index (κ1) is 12.7. The van der Waals surface area contributed by atoms with Crippen LogP contribution in [0.3, 0.4) is 0 Å². The molecule has 0 saturated heterocycles. The van der Waals surface area contributed by atoms with Crippen molar-refractivity contribution < 1.29 is 9.59 Å². The van der Waals surface area contributed by atoms with Crippen molar-refractivity contribution >= 4 is 23.3 Å². The number of hydrogen-bond acceptors (Lipinski definition) is 4. The summed E-state index contributed by atoms with van der Waals surface area (Å²) in [6, 6.07) is 8.18. The summed E-state index contributed by atoms with van der Waals surface area (Å²) in [6.07, 6.45) is 2.90. The molecule has 96 valence electrons. The van der Waals surface area contributed by atoms with E-state index >= 15 is 0 Å². The fraction of sp³-hybridized carbons (Fsp3) is 0.0769. The molecule has 6 heteroatoms. The Morgan fingerprint density at radius 1 is 1.05 bits per heavy atom. The first-order valence-corrected chi connectivity index (χ1v) is 5.60. The van der Waals surface area contributed by atoms with E-state index in [2.05, 4.69) is 20.6 Å². The second-order valence-electron chi connectivity index (χ2n) is 3.81. The van der Waals surface area contributed by atoms with Gasteiger partial charge in [0, 0.05) is 24.4 Å². The summed E-state index contributed by atoms with van der Waals surface area (Å²) in [4.78, 5) is 30.4. The molecule has 0 atom stereocenters. The van der Waals surface area contributed by atoms with Crippen LogP contribution >= 0.6 is 0 Å². The van der Waals surface area contributed by atoms with Gasteiger partial charge in [0.1, 0.15) is 12.1 Å². The van der Waals surface area contributed by atoms with Crippen molar-refractivity contribution in [2.45, 2.75) is 6.92 Å². The summed E-state index contributed by atoms with van der Waals surface area (Å²) in [7, 11) is 0. The number of amides is 2. The van der Waals surface area contributed by atoms with Crippen molar-refractivity contribution in [3.8, 4) is 0 Å². The lowest BCUT2D eigenvalue weighted by Crippen LogP contribution is -2.13. The molecule has 6 nitrogen and oxygen atoms in total. The normalized spacial score (nSPS) is 9.74. The van der Waals surface area contributed by atoms with Crippen LogP contribution in [0.15, 0.2) is 42.9 Å². The Bertz CT molecular complexity index is 581. The maximum Gasteiger partial charge on any atom is 0.256 e. The van der Waals surface area contributed by atoms with Gasteiger partial charge in [0.05, 0.1) is 0 Å². The quantitative estimate of drug-likeness (QED) is 0.875. The topological polar surface area (TPSA) is 84.0 Å². The van der Waals surface area contributed by atoms with E-state index in [4.69, 9.17) is 0 Å². The molecule has 0 saturated carbocycles. The predicted octanol–water partition coefficient (Wildman–Crippen LogP) is 1.69. The summed E-state index contributed by atoms with van der Waals surface area (Å²) in [5, 5.41) is 5.27. The van der Waals surface area contributed by atoms with Crippen LogP contribution in [0.2, 0.25) is 0 Å². The molecule has 2 N–H and O–H groups in total. The number of aromatic nitrogens is 2. The first-order valence-electron chi connectivity index (χ1n) is 5.60. The van der Waals surface area contributed by atoms with Crippen molar-refractivity contribution in [2.75, 3.05) is 10.6 Å². The van der Waals surface area contributed by atoms with Gasteiger partial charge >= 0.3 is 0 Å². The van der Waals surface area contributed by atoms with Crippen LogP contribution in [0.25, 0.3) is 0 Å². The number of anilines is 2. The van der Waals surface area contributed by atoms with Crippen LogP contribution in [0.5, 0.6) is 0 Å². The summed E-state index contributed by atoms with van der Waals surface area (Å²) < 4.78 is 0. The molecular formula is C13H12N4O2. The van der Waals surface area contributed by atoms with Gasteiger partial charge in [-0.2, -0.15) is 0 Å². The third-order valence-electron chi connectivity index (χ3n) is 2.29. The molecule has 1 aromatic heterocycles. The monoisotopic (exact) mass is 256 g/mol. The number of benzene rings is 1. The van der Waals surface area contributed by atoms with E-state index in [0.29, 0.717) is 17.1 Å². The van der Waals surface area contributed by atoms with E-state index in [1.165, 1.54) is 13.3 Å². The average molecular weight is 256 g/mol. The average Bonchev–Trinajstić information content (AvgIpc) is 2.40. The predicted molar refractivity (Wildman–Crippen MR) is 70.7 cm³/mol. The lowest BCUT2D eigenvalue weighted by molar-refractivity contribution is -0.114. The third kappa shape index (κ3) is 3.60. The lowest BCUT2D eigenvalue weighted by Gasteiger charge is -2.05. The highest BCUT2D eigenvalue weighted by Crippen LogP contribution is 2.11. The number of hydrogen-bond donors (Lipinski definition) is 2. The summed E-state index contributed by atoms with van der Waals surface area (Å²) in [5.74, 6) is 0.0113. The smallest absolute Gasteiger partial charge is 0.256 e. The van der Waals surface area contributed by atoms with E-state index < -0.39 is 0 Å². The summed E-state index contributed by atoms with van der Waals surface area (Å²) >= 11 is 0. The Morgan fingerprint density at radius 2 is 1.79 bits per heavy atom. The second-order valence-corrected chi connectivity index (χ2v) is 3.81. The van der Waals surface area contributed by atoms with Crippen LogP contribution in [0, 0.1) is 0 Å². The highest BCUT2D eigenvalue weighted by atomic mass is 16.2. The standard InChI is InChI=1S/C13H12N4O2/c1-9(18)16-11-4-2-10(3-5-11)13(19)17-12-6-7-14-8-15-12/h2-8H,1H3,(H,16,18)(H,14,15,17,19). The molecular weight excluding hydrogens is 244 g/mol. The molecule has 1 heterocycles. The first-order chi connectivity index (χ1) is 9.15. The van der Waals surface area contributed by atoms with Crippen molar-refractivity contribution in [3.63, 3.8) is 0 Å². The molecule has 1 aromatic carbocycles. The van der Waals surface area contributed by atoms with Crippen LogP contribution in [-0.2, 0) is 4.79 Å². The fourth-order valence-electron chi connectivity index (χ4n) is 1.46. The summed E-state index contributed by atoms with van der Waals surface area (Å²) in [5.41, 5.74) is 1.12. The lowest BCUT2D eigenvalue weighted by atomic mass is 10.2. The zero-order valence-electron chi connectivity index (χ0n) is 10.3. The zero-order valence-corrected chi connectivity index (χ0v) is 10.3. The highest BCUT2D eigenvalue weighted by molar-refractivity contribution is 6.04. The molecule has 2 aromatic rings. The van der Waals surface area contributed by atoms with Gasteiger partial charge in [-0.05, 0) is 30.3 Å². The number of nitrogens with zero attached hydrogens (tertiary/aromatic N) is 2. The van der Waals surface area contributed by atoms with Crippen molar-refractivity contribution in [1.82, 2.24) is 9.97 Å². The summed E-state index contributed by atoms with van der Waals surface area (Å²) in [6.45, 7) is 1.43. The number of carbonyl (C=O) groups is 2. The van der Waals surface area contributed by atoms with Crippen molar-refractivity contribution in [1.29, 1.82) is 0 Å². The van der Waals surface area contributed by atoms with Crippen molar-refractivity contribution in [2.24, 2.45) is 0 Å². The minimum Gasteiger partial charge on any atom is -0.326 e. The maximum atomic E-state index is 11.9. The molecule has 0 bridgehead atoms. The Hall–Kier alpha value is -2.76. The molecule has 0 fully saturated rings. The molecule has 2 amide bonds. The SMILES string of the molecule is CC(=O)Nc1ccc(C(=O)Nc2ccncn2)cc1. The number of nitrogens with one attached hydrogen (secondary N) is 2. The van der Waals surface area contributed by atoms with Crippen LogP contribution < -0.4 is 10.6 Å².